The van der Waals surface area contributed by atoms with Crippen LogP contribution in [0.2, 0.25) is 0 Å². The third kappa shape index (κ3) is 2.83. The minimum atomic E-state index is -3.51. The minimum Gasteiger partial charge on any atom is -0.348 e. The first kappa shape index (κ1) is 18.9. The van der Waals surface area contributed by atoms with Crippen LogP contribution in [0.25, 0.3) is 0 Å². The molecular weight excluding hydrogens is 360 g/mol. The Balaban J connectivity index is 1.61. The number of carbonyl (C=O) groups excluding carboxylic acids is 1. The summed E-state index contributed by atoms with van der Waals surface area (Å²) < 4.78 is 27.1. The molecular formula is C21H30N2O3S. The normalized spacial score (nSPS) is 32.3. The van der Waals surface area contributed by atoms with Gasteiger partial charge in [-0.25, -0.2) is 8.42 Å². The van der Waals surface area contributed by atoms with E-state index < -0.39 is 10.0 Å². The van der Waals surface area contributed by atoms with Crippen molar-refractivity contribution in [3.8, 4) is 0 Å². The molecule has 27 heavy (non-hydrogen) atoms. The monoisotopic (exact) mass is 390 g/mol. The number of amides is 1. The number of hydrogen-bond donors (Lipinski definition) is 1. The van der Waals surface area contributed by atoms with Gasteiger partial charge in [-0.2, -0.15) is 4.31 Å². The van der Waals surface area contributed by atoms with Gasteiger partial charge in [0.15, 0.2) is 0 Å². The first-order valence-corrected chi connectivity index (χ1v) is 11.4. The van der Waals surface area contributed by atoms with Crippen molar-refractivity contribution in [3.05, 3.63) is 29.3 Å². The molecule has 1 amide bonds. The number of nitrogens with one attached hydrogen (secondary N) is 1. The van der Waals surface area contributed by atoms with E-state index in [1.807, 2.05) is 0 Å². The molecule has 3 fully saturated rings. The number of rotatable bonds is 4. The fourth-order valence-electron chi connectivity index (χ4n) is 5.56. The van der Waals surface area contributed by atoms with Gasteiger partial charge in [0.05, 0.1) is 4.90 Å². The van der Waals surface area contributed by atoms with Crippen molar-refractivity contribution < 1.29 is 13.2 Å². The fraction of sp³-hybridized carbons (Fsp3) is 0.667. The third-order valence-electron chi connectivity index (χ3n) is 7.43. The quantitative estimate of drug-likeness (QED) is 0.857. The summed E-state index contributed by atoms with van der Waals surface area (Å²) in [6.45, 7) is 9.70. The van der Waals surface area contributed by atoms with Gasteiger partial charge in [-0.1, -0.05) is 26.8 Å². The molecule has 1 aromatic rings. The largest absolute Gasteiger partial charge is 0.348 e. The van der Waals surface area contributed by atoms with Crippen molar-refractivity contribution in [3.63, 3.8) is 0 Å². The van der Waals surface area contributed by atoms with E-state index in [0.717, 1.165) is 19.3 Å². The predicted octanol–water partition coefficient (Wildman–Crippen LogP) is 3.33. The maximum Gasteiger partial charge on any atom is 0.251 e. The highest BCUT2D eigenvalue weighted by Crippen LogP contribution is 2.62. The molecule has 0 spiro atoms. The molecule has 0 aromatic heterocycles. The number of hydrogen-bond acceptors (Lipinski definition) is 3. The Morgan fingerprint density at radius 2 is 1.93 bits per heavy atom. The Hall–Kier alpha value is -1.40. The molecule has 0 radical (unpaired) electrons. The first-order chi connectivity index (χ1) is 12.6. The molecule has 1 aromatic carbocycles. The molecule has 1 saturated heterocycles. The van der Waals surface area contributed by atoms with Crippen molar-refractivity contribution >= 4 is 15.9 Å². The molecule has 1 N–H and O–H groups in total. The second kappa shape index (κ2) is 6.05. The van der Waals surface area contributed by atoms with E-state index in [1.165, 1.54) is 10.7 Å². The Labute approximate surface area is 162 Å². The lowest BCUT2D eigenvalue weighted by molar-refractivity contribution is 0.0737. The van der Waals surface area contributed by atoms with Crippen molar-refractivity contribution in [1.29, 1.82) is 0 Å². The SMILES string of the molecule is Cc1ccc(C(=O)NC2C(C)(C)[C@@H]3CC[C@@]2(C)C3)cc1S(=O)(=O)N1CCC1. The van der Waals surface area contributed by atoms with E-state index in [1.54, 1.807) is 25.1 Å². The first-order valence-electron chi connectivity index (χ1n) is 9.97. The number of sulfonamides is 1. The molecule has 1 heterocycles. The molecule has 5 nitrogen and oxygen atoms in total. The molecule has 4 rings (SSSR count). The second-order valence-electron chi connectivity index (χ2n) is 9.56. The molecule has 2 saturated carbocycles. The summed E-state index contributed by atoms with van der Waals surface area (Å²) in [7, 11) is -3.51. The highest BCUT2D eigenvalue weighted by molar-refractivity contribution is 7.89. The molecule has 6 heteroatoms. The lowest BCUT2D eigenvalue weighted by Crippen LogP contribution is -2.52. The maximum atomic E-state index is 13.0. The van der Waals surface area contributed by atoms with Crippen LogP contribution in [0.3, 0.4) is 0 Å². The molecule has 1 unspecified atom stereocenters. The van der Waals surface area contributed by atoms with E-state index in [4.69, 9.17) is 0 Å². The summed E-state index contributed by atoms with van der Waals surface area (Å²) in [4.78, 5) is 13.3. The standard InChI is InChI=1S/C21H30N2O3S/c1-14-6-7-15(12-17(14)27(25,26)23-10-5-11-23)18(24)22-19-20(2,3)16-8-9-21(19,4)13-16/h6-7,12,16,19H,5,8-11,13H2,1-4H3,(H,22,24)/t16-,19?,21+/m1/s1. The molecule has 3 aliphatic rings. The van der Waals surface area contributed by atoms with Crippen molar-refractivity contribution in [2.24, 2.45) is 16.7 Å². The number of carbonyl (C=O) groups is 1. The van der Waals surface area contributed by atoms with Crippen LogP contribution < -0.4 is 5.32 Å². The molecule has 3 atom stereocenters. The van der Waals surface area contributed by atoms with Crippen LogP contribution >= 0.6 is 0 Å². The lowest BCUT2D eigenvalue weighted by atomic mass is 9.68. The Morgan fingerprint density at radius 1 is 1.22 bits per heavy atom. The minimum absolute atomic E-state index is 0.0693. The lowest BCUT2D eigenvalue weighted by Gasteiger charge is -2.43. The highest BCUT2D eigenvalue weighted by Gasteiger charge is 2.59. The topological polar surface area (TPSA) is 66.5 Å². The van der Waals surface area contributed by atoms with E-state index in [-0.39, 0.29) is 27.7 Å². The number of fused-ring (bicyclic) bond motifs is 2. The van der Waals surface area contributed by atoms with Gasteiger partial charge in [0.1, 0.15) is 0 Å². The number of nitrogens with zero attached hydrogens (tertiary/aromatic N) is 1. The predicted molar refractivity (Wildman–Crippen MR) is 105 cm³/mol. The van der Waals surface area contributed by atoms with Crippen molar-refractivity contribution in [1.82, 2.24) is 9.62 Å². The van der Waals surface area contributed by atoms with Gasteiger partial charge in [0.2, 0.25) is 10.0 Å². The van der Waals surface area contributed by atoms with E-state index >= 15 is 0 Å². The van der Waals surface area contributed by atoms with Gasteiger partial charge >= 0.3 is 0 Å². The zero-order valence-electron chi connectivity index (χ0n) is 16.7. The van der Waals surface area contributed by atoms with Crippen molar-refractivity contribution in [2.45, 2.75) is 64.3 Å². The van der Waals surface area contributed by atoms with E-state index in [2.05, 4.69) is 26.1 Å². The Bertz CT molecular complexity index is 884. The Kier molecular flexibility index (Phi) is 4.24. The fourth-order valence-corrected chi connectivity index (χ4v) is 7.33. The number of benzene rings is 1. The van der Waals surface area contributed by atoms with Crippen LogP contribution in [-0.2, 0) is 10.0 Å². The number of aryl methyl sites for hydroxylation is 1. The summed E-state index contributed by atoms with van der Waals surface area (Å²) in [6.07, 6.45) is 4.44. The third-order valence-corrected chi connectivity index (χ3v) is 9.47. The van der Waals surface area contributed by atoms with Crippen LogP contribution in [-0.4, -0.2) is 37.8 Å². The van der Waals surface area contributed by atoms with Crippen molar-refractivity contribution in [2.75, 3.05) is 13.1 Å². The summed E-state index contributed by atoms with van der Waals surface area (Å²) in [5.41, 5.74) is 1.33. The van der Waals surface area contributed by atoms with E-state index in [0.29, 0.717) is 30.1 Å². The molecule has 2 aliphatic carbocycles. The van der Waals surface area contributed by atoms with Crippen LogP contribution in [0.5, 0.6) is 0 Å². The second-order valence-corrected chi connectivity index (χ2v) is 11.5. The molecule has 148 valence electrons. The van der Waals surface area contributed by atoms with Gasteiger partial charge in [-0.15, -0.1) is 0 Å². The van der Waals surface area contributed by atoms with Crippen LogP contribution in [0, 0.1) is 23.7 Å². The van der Waals surface area contributed by atoms with Gasteiger partial charge in [-0.3, -0.25) is 4.79 Å². The highest BCUT2D eigenvalue weighted by atomic mass is 32.2. The summed E-state index contributed by atoms with van der Waals surface area (Å²) in [6, 6.07) is 5.16. The summed E-state index contributed by atoms with van der Waals surface area (Å²) in [5, 5.41) is 3.27. The average Bonchev–Trinajstić information content (AvgIpc) is 3.00. The van der Waals surface area contributed by atoms with Gasteiger partial charge < -0.3 is 5.32 Å². The van der Waals surface area contributed by atoms with Crippen LogP contribution in [0.1, 0.15) is 62.4 Å². The van der Waals surface area contributed by atoms with Crippen LogP contribution in [0.4, 0.5) is 0 Å². The molecule has 1 aliphatic heterocycles. The maximum absolute atomic E-state index is 13.0. The molecule has 2 bridgehead atoms. The smallest absolute Gasteiger partial charge is 0.251 e. The van der Waals surface area contributed by atoms with Gasteiger partial charge in [0.25, 0.3) is 5.91 Å². The van der Waals surface area contributed by atoms with Gasteiger partial charge in [0, 0.05) is 24.7 Å². The zero-order chi connectivity index (χ0) is 19.6. The van der Waals surface area contributed by atoms with E-state index in [9.17, 15) is 13.2 Å². The average molecular weight is 391 g/mol. The van der Waals surface area contributed by atoms with Crippen LogP contribution in [0.15, 0.2) is 23.1 Å². The van der Waals surface area contributed by atoms with Gasteiger partial charge in [-0.05, 0) is 67.1 Å². The Morgan fingerprint density at radius 3 is 2.48 bits per heavy atom. The summed E-state index contributed by atoms with van der Waals surface area (Å²) >= 11 is 0. The zero-order valence-corrected chi connectivity index (χ0v) is 17.5. The summed E-state index contributed by atoms with van der Waals surface area (Å²) in [5.74, 6) is 0.482.